The molecule has 2 amide bonds. The van der Waals surface area contributed by atoms with Crippen LogP contribution in [0.2, 0.25) is 0 Å². The normalized spacial score (nSPS) is 14.5. The van der Waals surface area contributed by atoms with Crippen LogP contribution in [0.25, 0.3) is 0 Å². The van der Waals surface area contributed by atoms with Gasteiger partial charge in [0, 0.05) is 6.04 Å². The molecule has 1 heterocycles. The first-order valence-electron chi connectivity index (χ1n) is 5.11. The second kappa shape index (κ2) is 4.26. The number of nitrogens with one attached hydrogen (secondary N) is 2. The molecule has 0 aliphatic heterocycles. The number of nitrogens with zero attached hydrogens (tertiary/aromatic N) is 1. The quantitative estimate of drug-likeness (QED) is 0.522. The number of furan rings is 1. The van der Waals surface area contributed by atoms with Crippen molar-refractivity contribution in [2.75, 3.05) is 0 Å². The van der Waals surface area contributed by atoms with Crippen molar-refractivity contribution in [3.8, 4) is 0 Å². The number of hydrogen-bond donors (Lipinski definition) is 3. The van der Waals surface area contributed by atoms with Crippen molar-refractivity contribution in [2.45, 2.75) is 25.4 Å². The summed E-state index contributed by atoms with van der Waals surface area (Å²) in [6, 6.07) is 3.37. The van der Waals surface area contributed by atoms with Crippen LogP contribution in [0.5, 0.6) is 0 Å². The standard InChI is InChI=1S/C10H14N4O2/c11-9(12)14(6-8-2-1-5-16-8)10(15)13-7-3-4-7/h1-2,5,7H,3-4,6H2,(H3,11,12)(H,13,15). The van der Waals surface area contributed by atoms with E-state index in [-0.39, 0.29) is 24.6 Å². The van der Waals surface area contributed by atoms with Gasteiger partial charge in [-0.3, -0.25) is 10.3 Å². The monoisotopic (exact) mass is 222 g/mol. The number of urea groups is 1. The Kier molecular flexibility index (Phi) is 2.80. The molecule has 0 atom stereocenters. The van der Waals surface area contributed by atoms with Gasteiger partial charge in [0.1, 0.15) is 5.76 Å². The van der Waals surface area contributed by atoms with E-state index in [1.165, 1.54) is 6.26 Å². The molecule has 0 spiro atoms. The summed E-state index contributed by atoms with van der Waals surface area (Å²) in [5.41, 5.74) is 5.36. The molecule has 1 aromatic rings. The number of hydrogen-bond acceptors (Lipinski definition) is 3. The van der Waals surface area contributed by atoms with Crippen LogP contribution in [0.15, 0.2) is 22.8 Å². The molecule has 0 aromatic carbocycles. The largest absolute Gasteiger partial charge is 0.467 e. The fourth-order valence-electron chi connectivity index (χ4n) is 1.30. The summed E-state index contributed by atoms with van der Waals surface area (Å²) in [5.74, 6) is 0.315. The lowest BCUT2D eigenvalue weighted by molar-refractivity contribution is 0.215. The predicted octanol–water partition coefficient (Wildman–Crippen LogP) is 0.847. The van der Waals surface area contributed by atoms with Crippen molar-refractivity contribution in [2.24, 2.45) is 5.73 Å². The van der Waals surface area contributed by atoms with Gasteiger partial charge in [0.25, 0.3) is 0 Å². The first kappa shape index (κ1) is 10.5. The smallest absolute Gasteiger partial charge is 0.324 e. The van der Waals surface area contributed by atoms with E-state index in [0.29, 0.717) is 5.76 Å². The summed E-state index contributed by atoms with van der Waals surface area (Å²) in [4.78, 5) is 12.9. The summed E-state index contributed by atoms with van der Waals surface area (Å²) in [6.45, 7) is 0.181. The van der Waals surface area contributed by atoms with Crippen molar-refractivity contribution in [3.63, 3.8) is 0 Å². The van der Waals surface area contributed by atoms with E-state index in [9.17, 15) is 4.79 Å². The zero-order valence-corrected chi connectivity index (χ0v) is 8.77. The van der Waals surface area contributed by atoms with Crippen molar-refractivity contribution in [1.82, 2.24) is 10.2 Å². The van der Waals surface area contributed by atoms with Crippen LogP contribution in [-0.4, -0.2) is 22.9 Å². The van der Waals surface area contributed by atoms with E-state index in [0.717, 1.165) is 17.7 Å². The average molecular weight is 222 g/mol. The highest BCUT2D eigenvalue weighted by Crippen LogP contribution is 2.19. The van der Waals surface area contributed by atoms with Crippen LogP contribution in [0, 0.1) is 5.41 Å². The molecule has 0 radical (unpaired) electrons. The van der Waals surface area contributed by atoms with Crippen LogP contribution < -0.4 is 11.1 Å². The van der Waals surface area contributed by atoms with Crippen LogP contribution in [0.4, 0.5) is 4.79 Å². The third kappa shape index (κ3) is 2.53. The highest BCUT2D eigenvalue weighted by Gasteiger charge is 2.27. The molecule has 16 heavy (non-hydrogen) atoms. The molecular weight excluding hydrogens is 208 g/mol. The zero-order valence-electron chi connectivity index (χ0n) is 8.77. The van der Waals surface area contributed by atoms with Crippen LogP contribution in [0.1, 0.15) is 18.6 Å². The molecule has 4 N–H and O–H groups in total. The minimum atomic E-state index is -0.341. The molecular formula is C10H14N4O2. The maximum absolute atomic E-state index is 11.7. The Morgan fingerprint density at radius 3 is 2.94 bits per heavy atom. The fraction of sp³-hybridized carbons (Fsp3) is 0.400. The lowest BCUT2D eigenvalue weighted by atomic mass is 10.4. The van der Waals surface area contributed by atoms with Crippen LogP contribution >= 0.6 is 0 Å². The molecule has 6 nitrogen and oxygen atoms in total. The maximum Gasteiger partial charge on any atom is 0.324 e. The molecule has 0 saturated heterocycles. The van der Waals surface area contributed by atoms with E-state index < -0.39 is 0 Å². The second-order valence-corrected chi connectivity index (χ2v) is 3.77. The Labute approximate surface area is 92.9 Å². The predicted molar refractivity (Wildman–Crippen MR) is 57.7 cm³/mol. The number of amides is 2. The van der Waals surface area contributed by atoms with Gasteiger partial charge in [0.2, 0.25) is 0 Å². The van der Waals surface area contributed by atoms with Gasteiger partial charge in [-0.1, -0.05) is 0 Å². The molecule has 0 unspecified atom stereocenters. The van der Waals surface area contributed by atoms with E-state index in [1.54, 1.807) is 12.1 Å². The highest BCUT2D eigenvalue weighted by atomic mass is 16.3. The van der Waals surface area contributed by atoms with Gasteiger partial charge >= 0.3 is 6.03 Å². The molecule has 1 fully saturated rings. The molecule has 6 heteroatoms. The minimum Gasteiger partial charge on any atom is -0.467 e. The minimum absolute atomic E-state index is 0.181. The SMILES string of the molecule is N=C(N)N(Cc1ccco1)C(=O)NC1CC1. The van der Waals surface area contributed by atoms with Gasteiger partial charge in [0.05, 0.1) is 12.8 Å². The number of rotatable bonds is 3. The first-order chi connectivity index (χ1) is 7.66. The lowest BCUT2D eigenvalue weighted by Gasteiger charge is -2.19. The third-order valence-corrected chi connectivity index (χ3v) is 2.33. The molecule has 1 saturated carbocycles. The third-order valence-electron chi connectivity index (χ3n) is 2.33. The van der Waals surface area contributed by atoms with E-state index in [4.69, 9.17) is 15.6 Å². The summed E-state index contributed by atoms with van der Waals surface area (Å²) in [5, 5.41) is 10.1. The van der Waals surface area contributed by atoms with Crippen molar-refractivity contribution in [3.05, 3.63) is 24.2 Å². The first-order valence-corrected chi connectivity index (χ1v) is 5.11. The van der Waals surface area contributed by atoms with Gasteiger partial charge in [-0.15, -0.1) is 0 Å². The topological polar surface area (TPSA) is 95.3 Å². The fourth-order valence-corrected chi connectivity index (χ4v) is 1.30. The number of carbonyl (C=O) groups excluding carboxylic acids is 1. The van der Waals surface area contributed by atoms with Gasteiger partial charge in [-0.05, 0) is 25.0 Å². The Bertz CT molecular complexity index is 384. The summed E-state index contributed by atoms with van der Waals surface area (Å²) in [7, 11) is 0. The molecule has 2 rings (SSSR count). The molecule has 1 aliphatic carbocycles. The van der Waals surface area contributed by atoms with Crippen molar-refractivity contribution in [1.29, 1.82) is 5.41 Å². The van der Waals surface area contributed by atoms with E-state index >= 15 is 0 Å². The Morgan fingerprint density at radius 1 is 1.69 bits per heavy atom. The Balaban J connectivity index is 1.98. The van der Waals surface area contributed by atoms with E-state index in [2.05, 4.69) is 5.32 Å². The Morgan fingerprint density at radius 2 is 2.44 bits per heavy atom. The van der Waals surface area contributed by atoms with Crippen molar-refractivity contribution >= 4 is 12.0 Å². The zero-order chi connectivity index (χ0) is 11.5. The van der Waals surface area contributed by atoms with Gasteiger partial charge < -0.3 is 15.5 Å². The molecule has 1 aromatic heterocycles. The number of nitrogens with two attached hydrogens (primary N) is 1. The molecule has 86 valence electrons. The van der Waals surface area contributed by atoms with Gasteiger partial charge in [-0.25, -0.2) is 4.79 Å². The second-order valence-electron chi connectivity index (χ2n) is 3.77. The van der Waals surface area contributed by atoms with Gasteiger partial charge in [-0.2, -0.15) is 0 Å². The highest BCUT2D eigenvalue weighted by molar-refractivity contribution is 5.93. The summed E-state index contributed by atoms with van der Waals surface area (Å²) in [6.07, 6.45) is 3.52. The van der Waals surface area contributed by atoms with Crippen LogP contribution in [0.3, 0.4) is 0 Å². The van der Waals surface area contributed by atoms with Gasteiger partial charge in [0.15, 0.2) is 5.96 Å². The average Bonchev–Trinajstić information content (AvgIpc) is 2.89. The molecule has 1 aliphatic rings. The number of carbonyl (C=O) groups is 1. The van der Waals surface area contributed by atoms with Crippen molar-refractivity contribution < 1.29 is 9.21 Å². The lowest BCUT2D eigenvalue weighted by Crippen LogP contribution is -2.46. The number of guanidine groups is 1. The summed E-state index contributed by atoms with van der Waals surface area (Å²) >= 11 is 0. The maximum atomic E-state index is 11.7. The summed E-state index contributed by atoms with van der Waals surface area (Å²) < 4.78 is 5.11. The van der Waals surface area contributed by atoms with E-state index in [1.807, 2.05) is 0 Å². The molecule has 0 bridgehead atoms. The van der Waals surface area contributed by atoms with Crippen LogP contribution in [-0.2, 0) is 6.54 Å². The Hall–Kier alpha value is -1.98.